The number of carbonyl (C=O) groups excluding carboxylic acids is 1. The number of hydrogen-bond donors (Lipinski definition) is 1. The summed E-state index contributed by atoms with van der Waals surface area (Å²) in [5.74, 6) is 0.534. The van der Waals surface area contributed by atoms with Crippen LogP contribution in [0, 0.1) is 11.8 Å². The van der Waals surface area contributed by atoms with E-state index in [0.29, 0.717) is 24.9 Å². The molecule has 4 nitrogen and oxygen atoms in total. The molecule has 146 valence electrons. The van der Waals surface area contributed by atoms with Crippen LogP contribution in [0.5, 0.6) is 0 Å². The van der Waals surface area contributed by atoms with Gasteiger partial charge in [0.15, 0.2) is 0 Å². The highest BCUT2D eigenvalue weighted by Gasteiger charge is 2.54. The number of rotatable bonds is 10. The number of carbonyl (C=O) groups is 1. The van der Waals surface area contributed by atoms with Crippen molar-refractivity contribution in [2.75, 3.05) is 0 Å². The Labute approximate surface area is 153 Å². The number of epoxide rings is 1. The summed E-state index contributed by atoms with van der Waals surface area (Å²) in [5.41, 5.74) is -0.553. The van der Waals surface area contributed by atoms with Crippen molar-refractivity contribution in [2.24, 2.45) is 11.8 Å². The lowest BCUT2D eigenvalue weighted by molar-refractivity contribution is -0.147. The molecule has 0 bridgehead atoms. The first-order valence-electron chi connectivity index (χ1n) is 10.4. The van der Waals surface area contributed by atoms with E-state index < -0.39 is 11.7 Å². The largest absolute Gasteiger partial charge is 0.390 e. The number of aliphatic hydroxyl groups is 1. The van der Waals surface area contributed by atoms with Crippen molar-refractivity contribution in [3.8, 4) is 0 Å². The van der Waals surface area contributed by atoms with Gasteiger partial charge in [-0.05, 0) is 51.4 Å². The van der Waals surface area contributed by atoms with Crippen LogP contribution in [0.3, 0.4) is 0 Å². The minimum absolute atomic E-state index is 0.0380. The summed E-state index contributed by atoms with van der Waals surface area (Å²) in [5, 5.41) is 11.0. The summed E-state index contributed by atoms with van der Waals surface area (Å²) < 4.78 is 12.3. The fourth-order valence-corrected chi connectivity index (χ4v) is 4.93. The van der Waals surface area contributed by atoms with Crippen molar-refractivity contribution >= 4 is 5.78 Å². The normalized spacial score (nSPS) is 40.0. The molecule has 2 rings (SSSR count). The van der Waals surface area contributed by atoms with E-state index >= 15 is 0 Å². The Morgan fingerprint density at radius 1 is 1.16 bits per heavy atom. The summed E-state index contributed by atoms with van der Waals surface area (Å²) in [6.45, 7) is 12.5. The van der Waals surface area contributed by atoms with Crippen molar-refractivity contribution in [2.45, 2.75) is 116 Å². The van der Waals surface area contributed by atoms with E-state index in [0.717, 1.165) is 32.1 Å². The third-order valence-electron chi connectivity index (χ3n) is 6.94. The summed E-state index contributed by atoms with van der Waals surface area (Å²) in [6.07, 6.45) is 5.27. The van der Waals surface area contributed by atoms with Crippen LogP contribution in [0.2, 0.25) is 0 Å². The predicted octanol–water partition coefficient (Wildman–Crippen LogP) is 4.27. The molecule has 0 aliphatic carbocycles. The maximum absolute atomic E-state index is 12.3. The molecule has 7 atom stereocenters. The molecule has 4 heteroatoms. The zero-order valence-electron chi connectivity index (χ0n) is 17.0. The third-order valence-corrected chi connectivity index (χ3v) is 6.94. The quantitative estimate of drug-likeness (QED) is 0.595. The predicted molar refractivity (Wildman–Crippen MR) is 99.6 cm³/mol. The van der Waals surface area contributed by atoms with Crippen LogP contribution in [-0.2, 0) is 14.3 Å². The Bertz CT molecular complexity index is 461. The first kappa shape index (κ1) is 20.9. The van der Waals surface area contributed by atoms with Crippen LogP contribution >= 0.6 is 0 Å². The lowest BCUT2D eigenvalue weighted by Crippen LogP contribution is -2.43. The molecule has 2 aliphatic rings. The van der Waals surface area contributed by atoms with Gasteiger partial charge in [-0.15, -0.1) is 0 Å². The zero-order valence-corrected chi connectivity index (χ0v) is 17.0. The second-order valence-corrected chi connectivity index (χ2v) is 8.25. The smallest absolute Gasteiger partial charge is 0.138 e. The average molecular weight is 355 g/mol. The second kappa shape index (κ2) is 8.06. The van der Waals surface area contributed by atoms with Gasteiger partial charge in [0.1, 0.15) is 5.78 Å². The SMILES string of the molecule is CCC(=O)[C@H](CC)[C@H]1O[C@](CC)([C@H](O)CC[C@@]2(CC)O[C@@H]2C)C[C@@H]1C. The molecule has 0 unspecified atom stereocenters. The molecule has 0 aromatic rings. The van der Waals surface area contributed by atoms with Crippen LogP contribution in [0.4, 0.5) is 0 Å². The number of aliphatic hydroxyl groups excluding tert-OH is 1. The van der Waals surface area contributed by atoms with E-state index in [4.69, 9.17) is 9.47 Å². The summed E-state index contributed by atoms with van der Waals surface area (Å²) in [4.78, 5) is 12.3. The van der Waals surface area contributed by atoms with E-state index in [1.807, 2.05) is 6.92 Å². The molecule has 0 radical (unpaired) electrons. The van der Waals surface area contributed by atoms with Crippen molar-refractivity contribution in [3.63, 3.8) is 0 Å². The molecular weight excluding hydrogens is 316 g/mol. The molecule has 2 saturated heterocycles. The van der Waals surface area contributed by atoms with Crippen molar-refractivity contribution < 1.29 is 19.4 Å². The summed E-state index contributed by atoms with van der Waals surface area (Å²) in [7, 11) is 0. The van der Waals surface area contributed by atoms with Gasteiger partial charge in [-0.1, -0.05) is 34.6 Å². The van der Waals surface area contributed by atoms with Gasteiger partial charge in [0.05, 0.1) is 29.5 Å². The average Bonchev–Trinajstić information content (AvgIpc) is 3.14. The number of Topliss-reactive ketones (excluding diaryl/α,β-unsaturated/α-hetero) is 1. The highest BCUT2D eigenvalue weighted by molar-refractivity contribution is 5.81. The Hall–Kier alpha value is -0.450. The van der Waals surface area contributed by atoms with Gasteiger partial charge in [0.2, 0.25) is 0 Å². The summed E-state index contributed by atoms with van der Waals surface area (Å²) >= 11 is 0. The maximum atomic E-state index is 12.3. The van der Waals surface area contributed by atoms with E-state index in [9.17, 15) is 9.90 Å². The van der Waals surface area contributed by atoms with Gasteiger partial charge >= 0.3 is 0 Å². The van der Waals surface area contributed by atoms with E-state index in [2.05, 4.69) is 34.6 Å². The topological polar surface area (TPSA) is 59.1 Å². The fraction of sp³-hybridized carbons (Fsp3) is 0.952. The number of ketones is 1. The first-order valence-corrected chi connectivity index (χ1v) is 10.4. The lowest BCUT2D eigenvalue weighted by atomic mass is 9.80. The zero-order chi connectivity index (χ0) is 18.8. The fourth-order valence-electron chi connectivity index (χ4n) is 4.93. The molecule has 0 aromatic carbocycles. The minimum Gasteiger partial charge on any atom is -0.390 e. The minimum atomic E-state index is -0.515. The first-order chi connectivity index (χ1) is 11.8. The van der Waals surface area contributed by atoms with Crippen molar-refractivity contribution in [3.05, 3.63) is 0 Å². The molecule has 1 N–H and O–H groups in total. The van der Waals surface area contributed by atoms with E-state index in [1.165, 1.54) is 0 Å². The molecule has 0 spiro atoms. The Kier molecular flexibility index (Phi) is 6.72. The van der Waals surface area contributed by atoms with Gasteiger partial charge in [-0.25, -0.2) is 0 Å². The number of ether oxygens (including phenoxy) is 2. The van der Waals surface area contributed by atoms with Crippen LogP contribution < -0.4 is 0 Å². The maximum Gasteiger partial charge on any atom is 0.138 e. The van der Waals surface area contributed by atoms with Gasteiger partial charge in [0, 0.05) is 12.3 Å². The van der Waals surface area contributed by atoms with Crippen LogP contribution in [0.25, 0.3) is 0 Å². The molecule has 0 aromatic heterocycles. The molecular formula is C21H38O4. The van der Waals surface area contributed by atoms with Gasteiger partial charge < -0.3 is 14.6 Å². The lowest BCUT2D eigenvalue weighted by Gasteiger charge is -2.35. The Balaban J connectivity index is 2.05. The van der Waals surface area contributed by atoms with Crippen molar-refractivity contribution in [1.29, 1.82) is 0 Å². The van der Waals surface area contributed by atoms with Crippen molar-refractivity contribution in [1.82, 2.24) is 0 Å². The highest BCUT2D eigenvalue weighted by atomic mass is 16.6. The van der Waals surface area contributed by atoms with E-state index in [-0.39, 0.29) is 23.4 Å². The molecule has 2 aliphatic heterocycles. The van der Waals surface area contributed by atoms with Gasteiger partial charge in [-0.2, -0.15) is 0 Å². The standard InChI is InChI=1S/C21H38O4/c1-7-16(17(22)8-2)19-14(5)13-21(10-4,25-19)18(23)11-12-20(9-3)15(6)24-20/h14-16,18-19,23H,7-13H2,1-6H3/t14-,15+,16-,18+,19-,20+,21-/m0/s1. The van der Waals surface area contributed by atoms with Gasteiger partial charge in [0.25, 0.3) is 0 Å². The van der Waals surface area contributed by atoms with Gasteiger partial charge in [-0.3, -0.25) is 4.79 Å². The Morgan fingerprint density at radius 2 is 1.80 bits per heavy atom. The summed E-state index contributed by atoms with van der Waals surface area (Å²) in [6, 6.07) is 0. The van der Waals surface area contributed by atoms with Crippen LogP contribution in [0.15, 0.2) is 0 Å². The number of hydrogen-bond acceptors (Lipinski definition) is 4. The van der Waals surface area contributed by atoms with E-state index in [1.54, 1.807) is 0 Å². The molecule has 25 heavy (non-hydrogen) atoms. The second-order valence-electron chi connectivity index (χ2n) is 8.25. The van der Waals surface area contributed by atoms with Crippen LogP contribution in [-0.4, -0.2) is 40.4 Å². The monoisotopic (exact) mass is 354 g/mol. The third kappa shape index (κ3) is 3.96. The molecule has 0 saturated carbocycles. The van der Waals surface area contributed by atoms with Crippen LogP contribution in [0.1, 0.15) is 86.5 Å². The highest BCUT2D eigenvalue weighted by Crippen LogP contribution is 2.47. The molecule has 0 amide bonds. The molecule has 2 fully saturated rings. The molecule has 2 heterocycles. The Morgan fingerprint density at radius 3 is 2.24 bits per heavy atom.